The molecule has 0 aromatic heterocycles. The predicted molar refractivity (Wildman–Crippen MR) is 164 cm³/mol. The largest absolute Gasteiger partial charge is 0.326 e. The Morgan fingerprint density at radius 3 is 1.36 bits per heavy atom. The molecule has 192 valence electrons. The lowest BCUT2D eigenvalue weighted by atomic mass is 9.82. The van der Waals surface area contributed by atoms with Crippen LogP contribution < -0.4 is 10.6 Å². The maximum atomic E-state index is 5.95. The topological polar surface area (TPSA) is 29.3 Å². The summed E-state index contributed by atoms with van der Waals surface area (Å²) in [6, 6.07) is 40.3. The van der Waals surface area contributed by atoms with Crippen molar-refractivity contribution in [1.29, 1.82) is 0 Å². The quantitative estimate of drug-likeness (QED) is 0.263. The van der Waals surface area contributed by atoms with Crippen LogP contribution in [0.5, 0.6) is 0 Å². The molecule has 0 radical (unpaired) electrons. The fourth-order valence-corrected chi connectivity index (χ4v) is 6.89. The molecule has 2 aliphatic carbocycles. The van der Waals surface area contributed by atoms with E-state index in [2.05, 4.69) is 142 Å². The van der Waals surface area contributed by atoms with Crippen LogP contribution in [0, 0.1) is 0 Å². The van der Waals surface area contributed by atoms with Gasteiger partial charge in [-0.1, -0.05) is 100 Å². The lowest BCUT2D eigenvalue weighted by molar-refractivity contribution is 0.660. The third-order valence-corrected chi connectivity index (χ3v) is 9.08. The van der Waals surface area contributed by atoms with Gasteiger partial charge in [-0.05, 0) is 86.5 Å². The second kappa shape index (κ2) is 8.43. The zero-order valence-electron chi connectivity index (χ0n) is 23.1. The summed E-state index contributed by atoms with van der Waals surface area (Å²) >= 11 is 0. The van der Waals surface area contributed by atoms with Crippen molar-refractivity contribution < 1.29 is 0 Å². The van der Waals surface area contributed by atoms with Crippen LogP contribution in [0.4, 0.5) is 17.1 Å². The number of nitrogens with zero attached hydrogens (tertiary/aromatic N) is 1. The first-order valence-electron chi connectivity index (χ1n) is 13.9. The summed E-state index contributed by atoms with van der Waals surface area (Å²) in [5.74, 6) is 0. The standard InChI is InChI=1S/C37H34N2/c1-36(2)32-11-7-5-9-28(32)30-19-17-26(21-34(30)36)39(25-15-13-24(23-38)14-16-25)27-18-20-31-29-10-6-8-12-33(29)37(3,4)35(31)22-27/h5-22H,23,38H2,1-4H3. The molecule has 7 rings (SSSR count). The lowest BCUT2D eigenvalue weighted by Crippen LogP contribution is -2.18. The van der Waals surface area contributed by atoms with Gasteiger partial charge in [0.1, 0.15) is 0 Å². The smallest absolute Gasteiger partial charge is 0.0465 e. The van der Waals surface area contributed by atoms with E-state index in [-0.39, 0.29) is 10.8 Å². The number of rotatable bonds is 4. The Morgan fingerprint density at radius 2 is 0.897 bits per heavy atom. The van der Waals surface area contributed by atoms with E-state index in [9.17, 15) is 0 Å². The molecule has 0 atom stereocenters. The predicted octanol–water partition coefficient (Wildman–Crippen LogP) is 9.23. The number of hydrogen-bond donors (Lipinski definition) is 1. The van der Waals surface area contributed by atoms with Crippen LogP contribution in [0.3, 0.4) is 0 Å². The van der Waals surface area contributed by atoms with Crippen molar-refractivity contribution in [3.63, 3.8) is 0 Å². The van der Waals surface area contributed by atoms with Gasteiger partial charge in [0.2, 0.25) is 0 Å². The van der Waals surface area contributed by atoms with Crippen LogP contribution in [-0.4, -0.2) is 0 Å². The van der Waals surface area contributed by atoms with Crippen LogP contribution in [0.15, 0.2) is 109 Å². The summed E-state index contributed by atoms with van der Waals surface area (Å²) in [4.78, 5) is 2.40. The van der Waals surface area contributed by atoms with Gasteiger partial charge in [-0.2, -0.15) is 0 Å². The van der Waals surface area contributed by atoms with E-state index in [0.717, 1.165) is 11.3 Å². The summed E-state index contributed by atoms with van der Waals surface area (Å²) in [6.07, 6.45) is 0. The summed E-state index contributed by atoms with van der Waals surface area (Å²) in [5, 5.41) is 0. The number of nitrogens with two attached hydrogens (primary N) is 1. The minimum Gasteiger partial charge on any atom is -0.326 e. The molecular weight excluding hydrogens is 472 g/mol. The van der Waals surface area contributed by atoms with Crippen LogP contribution in [0.2, 0.25) is 0 Å². The van der Waals surface area contributed by atoms with Gasteiger partial charge >= 0.3 is 0 Å². The molecule has 0 bridgehead atoms. The Balaban J connectivity index is 1.41. The van der Waals surface area contributed by atoms with E-state index in [1.165, 1.54) is 55.9 Å². The number of benzene rings is 5. The number of hydrogen-bond acceptors (Lipinski definition) is 2. The minimum atomic E-state index is -0.0570. The molecule has 2 aliphatic rings. The Bertz CT molecular complexity index is 1630. The van der Waals surface area contributed by atoms with E-state index in [4.69, 9.17) is 5.73 Å². The highest BCUT2D eigenvalue weighted by Crippen LogP contribution is 2.52. The van der Waals surface area contributed by atoms with E-state index < -0.39 is 0 Å². The third-order valence-electron chi connectivity index (χ3n) is 9.08. The molecule has 2 heteroatoms. The molecule has 5 aromatic carbocycles. The molecule has 0 aliphatic heterocycles. The second-order valence-corrected chi connectivity index (χ2v) is 12.0. The molecule has 39 heavy (non-hydrogen) atoms. The number of anilines is 3. The molecule has 0 unspecified atom stereocenters. The van der Waals surface area contributed by atoms with Gasteiger partial charge in [-0.25, -0.2) is 0 Å². The lowest BCUT2D eigenvalue weighted by Gasteiger charge is -2.30. The molecule has 5 aromatic rings. The molecule has 2 nitrogen and oxygen atoms in total. The Hall–Kier alpha value is -4.14. The van der Waals surface area contributed by atoms with Gasteiger partial charge < -0.3 is 10.6 Å². The summed E-state index contributed by atoms with van der Waals surface area (Å²) < 4.78 is 0. The normalized spacial score (nSPS) is 15.3. The highest BCUT2D eigenvalue weighted by Gasteiger charge is 2.37. The van der Waals surface area contributed by atoms with Crippen LogP contribution in [0.25, 0.3) is 22.3 Å². The van der Waals surface area contributed by atoms with Gasteiger partial charge in [0.25, 0.3) is 0 Å². The maximum Gasteiger partial charge on any atom is 0.0465 e. The first kappa shape index (κ1) is 23.9. The van der Waals surface area contributed by atoms with E-state index in [1.807, 2.05) is 0 Å². The highest BCUT2D eigenvalue weighted by molar-refractivity contribution is 5.88. The highest BCUT2D eigenvalue weighted by atomic mass is 15.1. The SMILES string of the molecule is CC1(C)c2ccccc2-c2ccc(N(c3ccc(CN)cc3)c3ccc4c(c3)C(C)(C)c3ccccc3-4)cc21. The van der Waals surface area contributed by atoms with Crippen molar-refractivity contribution in [3.05, 3.63) is 137 Å². The third kappa shape index (κ3) is 3.45. The van der Waals surface area contributed by atoms with Crippen LogP contribution in [-0.2, 0) is 17.4 Å². The Kier molecular flexibility index (Phi) is 5.17. The van der Waals surface area contributed by atoms with Crippen molar-refractivity contribution in [2.75, 3.05) is 4.90 Å². The van der Waals surface area contributed by atoms with Crippen LogP contribution >= 0.6 is 0 Å². The van der Waals surface area contributed by atoms with Crippen molar-refractivity contribution in [2.45, 2.75) is 45.1 Å². The molecule has 0 amide bonds. The molecule has 0 saturated heterocycles. The van der Waals surface area contributed by atoms with Gasteiger partial charge in [0, 0.05) is 34.4 Å². The molecule has 0 spiro atoms. The fraction of sp³-hybridized carbons (Fsp3) is 0.189. The monoisotopic (exact) mass is 506 g/mol. The second-order valence-electron chi connectivity index (χ2n) is 12.0. The van der Waals surface area contributed by atoms with Crippen molar-refractivity contribution in [3.8, 4) is 22.3 Å². The minimum absolute atomic E-state index is 0.0570. The van der Waals surface area contributed by atoms with Crippen LogP contribution in [0.1, 0.15) is 55.5 Å². The molecule has 0 saturated carbocycles. The Morgan fingerprint density at radius 1 is 0.487 bits per heavy atom. The summed E-state index contributed by atoms with van der Waals surface area (Å²) in [7, 11) is 0. The first-order valence-corrected chi connectivity index (χ1v) is 13.9. The molecular formula is C37H34N2. The summed E-state index contributed by atoms with van der Waals surface area (Å²) in [6.45, 7) is 9.92. The first-order chi connectivity index (χ1) is 18.8. The average Bonchev–Trinajstić information content (AvgIpc) is 3.33. The molecule has 2 N–H and O–H groups in total. The zero-order chi connectivity index (χ0) is 26.9. The van der Waals surface area contributed by atoms with Crippen molar-refractivity contribution >= 4 is 17.1 Å². The molecule has 0 heterocycles. The van der Waals surface area contributed by atoms with E-state index >= 15 is 0 Å². The summed E-state index contributed by atoms with van der Waals surface area (Å²) in [5.41, 5.74) is 21.4. The maximum absolute atomic E-state index is 5.95. The van der Waals surface area contributed by atoms with Crippen molar-refractivity contribution in [2.24, 2.45) is 5.73 Å². The van der Waals surface area contributed by atoms with Gasteiger partial charge in [-0.15, -0.1) is 0 Å². The Labute approximate surface area is 231 Å². The van der Waals surface area contributed by atoms with Crippen molar-refractivity contribution in [1.82, 2.24) is 0 Å². The molecule has 0 fully saturated rings. The fourth-order valence-electron chi connectivity index (χ4n) is 6.89. The van der Waals surface area contributed by atoms with Gasteiger partial charge in [0.05, 0.1) is 0 Å². The van der Waals surface area contributed by atoms with E-state index in [0.29, 0.717) is 6.54 Å². The average molecular weight is 507 g/mol. The van der Waals surface area contributed by atoms with E-state index in [1.54, 1.807) is 0 Å². The number of fused-ring (bicyclic) bond motifs is 6. The zero-order valence-corrected chi connectivity index (χ0v) is 23.1. The van der Waals surface area contributed by atoms with Gasteiger partial charge in [-0.3, -0.25) is 0 Å². The van der Waals surface area contributed by atoms with Gasteiger partial charge in [0.15, 0.2) is 0 Å².